The number of amides is 1. The normalized spacial score (nSPS) is 13.7. The molecule has 0 fully saturated rings. The van der Waals surface area contributed by atoms with Gasteiger partial charge in [0.25, 0.3) is 5.91 Å². The molecule has 0 spiro atoms. The molecule has 0 saturated heterocycles. The van der Waals surface area contributed by atoms with Crippen molar-refractivity contribution in [2.45, 2.75) is 32.9 Å². The number of carbonyl (C=O) groups is 2. The molecule has 6 nitrogen and oxygen atoms in total. The van der Waals surface area contributed by atoms with E-state index in [-0.39, 0.29) is 17.7 Å². The van der Waals surface area contributed by atoms with Crippen molar-refractivity contribution in [2.24, 2.45) is 0 Å². The van der Waals surface area contributed by atoms with Gasteiger partial charge in [0.05, 0.1) is 10.2 Å². The molecule has 0 unspecified atom stereocenters. The maximum absolute atomic E-state index is 12.7. The van der Waals surface area contributed by atoms with Crippen LogP contribution in [0.5, 0.6) is 0 Å². The molecule has 1 aromatic heterocycles. The van der Waals surface area contributed by atoms with E-state index in [2.05, 4.69) is 25.9 Å². The Morgan fingerprint density at radius 2 is 2.12 bits per heavy atom. The highest BCUT2D eigenvalue weighted by Crippen LogP contribution is 2.31. The Morgan fingerprint density at radius 1 is 1.38 bits per heavy atom. The van der Waals surface area contributed by atoms with Gasteiger partial charge >= 0.3 is 5.97 Å². The van der Waals surface area contributed by atoms with Crippen LogP contribution in [0.4, 0.5) is 0 Å². The van der Waals surface area contributed by atoms with E-state index in [0.717, 1.165) is 11.1 Å². The fourth-order valence-corrected chi connectivity index (χ4v) is 3.27. The first-order valence-electron chi connectivity index (χ1n) is 7.96. The van der Waals surface area contributed by atoms with Crippen LogP contribution in [0, 0.1) is 0 Å². The van der Waals surface area contributed by atoms with Crippen molar-refractivity contribution >= 4 is 39.4 Å². The number of esters is 1. The largest absolute Gasteiger partial charge is 0.459 e. The molecule has 0 bridgehead atoms. The van der Waals surface area contributed by atoms with Crippen LogP contribution in [0.3, 0.4) is 0 Å². The third kappa shape index (κ3) is 4.04. The number of fused-ring (bicyclic) bond motifs is 1. The van der Waals surface area contributed by atoms with Gasteiger partial charge in [0.2, 0.25) is 5.28 Å². The van der Waals surface area contributed by atoms with Crippen LogP contribution in [0.25, 0.3) is 11.3 Å². The highest BCUT2D eigenvalue weighted by molar-refractivity contribution is 9.10. The van der Waals surface area contributed by atoms with Crippen LogP contribution in [-0.2, 0) is 16.1 Å². The second-order valence-electron chi connectivity index (χ2n) is 6.96. The van der Waals surface area contributed by atoms with Gasteiger partial charge < -0.3 is 9.64 Å². The number of nitrogens with zero attached hydrogens (tertiary/aromatic N) is 3. The van der Waals surface area contributed by atoms with Crippen LogP contribution >= 0.6 is 27.5 Å². The predicted octanol–water partition coefficient (Wildman–Crippen LogP) is 3.86. The van der Waals surface area contributed by atoms with Crippen LogP contribution in [0.2, 0.25) is 5.28 Å². The monoisotopic (exact) mass is 437 g/mol. The molecule has 3 rings (SSSR count). The first kappa shape index (κ1) is 18.8. The fraction of sp³-hybridized carbons (Fsp3) is 0.333. The number of rotatable bonds is 3. The van der Waals surface area contributed by atoms with Crippen molar-refractivity contribution in [3.05, 3.63) is 45.3 Å². The van der Waals surface area contributed by atoms with Crippen molar-refractivity contribution < 1.29 is 14.3 Å². The zero-order valence-electron chi connectivity index (χ0n) is 14.5. The molecule has 2 aromatic rings. The molecule has 0 aliphatic carbocycles. The highest BCUT2D eigenvalue weighted by Gasteiger charge is 2.30. The molecule has 1 aromatic carbocycles. The smallest absolute Gasteiger partial charge is 0.326 e. The summed E-state index contributed by atoms with van der Waals surface area (Å²) in [5.74, 6) is -0.631. The molecular formula is C18H17BrClN3O3. The Morgan fingerprint density at radius 3 is 2.81 bits per heavy atom. The summed E-state index contributed by atoms with van der Waals surface area (Å²) in [6.07, 6.45) is 1.56. The number of carbonyl (C=O) groups excluding carboxylic acids is 2. The third-order valence-corrected chi connectivity index (χ3v) is 4.48. The van der Waals surface area contributed by atoms with Gasteiger partial charge in [-0.05, 0) is 59.9 Å². The molecule has 136 valence electrons. The lowest BCUT2D eigenvalue weighted by atomic mass is 10.0. The van der Waals surface area contributed by atoms with Crippen LogP contribution < -0.4 is 0 Å². The van der Waals surface area contributed by atoms with E-state index in [1.54, 1.807) is 33.0 Å². The second kappa shape index (κ2) is 6.96. The molecule has 0 N–H and O–H groups in total. The molecule has 1 amide bonds. The Hall–Kier alpha value is -1.99. The standard InChI is InChI=1S/C18H17BrClN3O3/c1-18(2,3)26-14(24)9-23-8-11-5-4-10(6-12(11)16(23)25)15-13(19)7-21-17(20)22-15/h4-7H,8-9H2,1-3H3. The first-order valence-corrected chi connectivity index (χ1v) is 9.13. The molecule has 1 aliphatic heterocycles. The summed E-state index contributed by atoms with van der Waals surface area (Å²) in [7, 11) is 0. The van der Waals surface area contributed by atoms with E-state index < -0.39 is 11.6 Å². The van der Waals surface area contributed by atoms with Crippen molar-refractivity contribution in [3.8, 4) is 11.3 Å². The Bertz CT molecular complexity index is 896. The molecule has 1 aliphatic rings. The number of halogens is 2. The molecule has 0 radical (unpaired) electrons. The summed E-state index contributed by atoms with van der Waals surface area (Å²) in [5.41, 5.74) is 2.17. The molecule has 0 saturated carbocycles. The van der Waals surface area contributed by atoms with Gasteiger partial charge in [0.1, 0.15) is 12.1 Å². The lowest BCUT2D eigenvalue weighted by Crippen LogP contribution is -2.35. The summed E-state index contributed by atoms with van der Waals surface area (Å²) in [6.45, 7) is 5.68. The van der Waals surface area contributed by atoms with Crippen LogP contribution in [0.1, 0.15) is 36.7 Å². The van der Waals surface area contributed by atoms with Gasteiger partial charge in [0, 0.05) is 23.9 Å². The van der Waals surface area contributed by atoms with E-state index in [1.807, 2.05) is 12.1 Å². The van der Waals surface area contributed by atoms with Crippen molar-refractivity contribution in [3.63, 3.8) is 0 Å². The zero-order valence-corrected chi connectivity index (χ0v) is 16.9. The maximum atomic E-state index is 12.7. The third-order valence-electron chi connectivity index (χ3n) is 3.72. The Labute approximate surface area is 164 Å². The van der Waals surface area contributed by atoms with Gasteiger partial charge in [0.15, 0.2) is 0 Å². The Balaban J connectivity index is 1.83. The van der Waals surface area contributed by atoms with Gasteiger partial charge in [-0.1, -0.05) is 12.1 Å². The molecule has 8 heteroatoms. The van der Waals surface area contributed by atoms with Gasteiger partial charge in [-0.2, -0.15) is 0 Å². The van der Waals surface area contributed by atoms with Crippen molar-refractivity contribution in [2.75, 3.05) is 6.54 Å². The summed E-state index contributed by atoms with van der Waals surface area (Å²) in [4.78, 5) is 34.3. The van der Waals surface area contributed by atoms with Crippen molar-refractivity contribution in [1.29, 1.82) is 0 Å². The topological polar surface area (TPSA) is 72.4 Å². The van der Waals surface area contributed by atoms with Crippen molar-refractivity contribution in [1.82, 2.24) is 14.9 Å². The van der Waals surface area contributed by atoms with Gasteiger partial charge in [-0.3, -0.25) is 9.59 Å². The molecular weight excluding hydrogens is 422 g/mol. The zero-order chi connectivity index (χ0) is 19.1. The lowest BCUT2D eigenvalue weighted by Gasteiger charge is -2.22. The predicted molar refractivity (Wildman–Crippen MR) is 101 cm³/mol. The average Bonchev–Trinajstić information content (AvgIpc) is 2.83. The molecule has 26 heavy (non-hydrogen) atoms. The van der Waals surface area contributed by atoms with E-state index in [0.29, 0.717) is 22.3 Å². The number of hydrogen-bond acceptors (Lipinski definition) is 5. The van der Waals surface area contributed by atoms with Gasteiger partial charge in [-0.25, -0.2) is 9.97 Å². The van der Waals surface area contributed by atoms with Gasteiger partial charge in [-0.15, -0.1) is 0 Å². The quantitative estimate of drug-likeness (QED) is 0.537. The summed E-state index contributed by atoms with van der Waals surface area (Å²) < 4.78 is 5.98. The number of benzene rings is 1. The van der Waals surface area contributed by atoms with E-state index in [4.69, 9.17) is 16.3 Å². The summed E-state index contributed by atoms with van der Waals surface area (Å²) in [5, 5.41) is 0.126. The fourth-order valence-electron chi connectivity index (χ4n) is 2.71. The van der Waals surface area contributed by atoms with Crippen LogP contribution in [-0.4, -0.2) is 38.9 Å². The minimum absolute atomic E-state index is 0.0802. The Kier molecular flexibility index (Phi) is 5.03. The maximum Gasteiger partial charge on any atom is 0.326 e. The number of ether oxygens (including phenoxy) is 1. The second-order valence-corrected chi connectivity index (χ2v) is 8.15. The van der Waals surface area contributed by atoms with E-state index >= 15 is 0 Å². The average molecular weight is 439 g/mol. The summed E-state index contributed by atoms with van der Waals surface area (Å²) >= 11 is 9.27. The lowest BCUT2D eigenvalue weighted by molar-refractivity contribution is -0.155. The van der Waals surface area contributed by atoms with Crippen LogP contribution in [0.15, 0.2) is 28.9 Å². The first-order chi connectivity index (χ1) is 12.1. The summed E-state index contributed by atoms with van der Waals surface area (Å²) in [6, 6.07) is 5.49. The van der Waals surface area contributed by atoms with E-state index in [1.165, 1.54) is 4.90 Å². The van der Waals surface area contributed by atoms with E-state index in [9.17, 15) is 9.59 Å². The minimum Gasteiger partial charge on any atom is -0.459 e. The number of aromatic nitrogens is 2. The minimum atomic E-state index is -0.585. The molecule has 0 atom stereocenters. The highest BCUT2D eigenvalue weighted by atomic mass is 79.9. The number of hydrogen-bond donors (Lipinski definition) is 0. The molecule has 2 heterocycles. The SMILES string of the molecule is CC(C)(C)OC(=O)CN1Cc2ccc(-c3nc(Cl)ncc3Br)cc2C1=O.